The minimum atomic E-state index is -0.713. The average molecular weight is 215 g/mol. The fourth-order valence-corrected chi connectivity index (χ4v) is 1.66. The average Bonchev–Trinajstić information content (AvgIpc) is 2.09. The number of aliphatic carboxylic acids is 1. The summed E-state index contributed by atoms with van der Waals surface area (Å²) < 4.78 is 0. The van der Waals surface area contributed by atoms with Crippen LogP contribution in [0, 0.1) is 5.41 Å². The Morgan fingerprint density at radius 1 is 1.40 bits per heavy atom. The van der Waals surface area contributed by atoms with Crippen LogP contribution in [0.2, 0.25) is 0 Å². The van der Waals surface area contributed by atoms with Gasteiger partial charge in [0.25, 0.3) is 0 Å². The maximum absolute atomic E-state index is 11.1. The summed E-state index contributed by atoms with van der Waals surface area (Å²) in [6.07, 6.45) is 1.62. The second kappa shape index (κ2) is 5.50. The minimum Gasteiger partial charge on any atom is -0.480 e. The molecular formula is C12H25NO2. The summed E-state index contributed by atoms with van der Waals surface area (Å²) in [5.41, 5.74) is 0.107. The number of carboxylic acids is 1. The molecule has 2 unspecified atom stereocenters. The number of carbonyl (C=O) groups is 1. The lowest BCUT2D eigenvalue weighted by Gasteiger charge is -2.38. The lowest BCUT2D eigenvalue weighted by molar-refractivity contribution is -0.144. The quantitative estimate of drug-likeness (QED) is 0.766. The van der Waals surface area contributed by atoms with E-state index in [0.29, 0.717) is 6.42 Å². The SMILES string of the molecule is CCCC(C(=O)O)N(C)C(C)C(C)(C)C. The molecule has 0 aliphatic rings. The molecule has 0 bridgehead atoms. The third kappa shape index (κ3) is 4.20. The molecule has 0 aromatic heterocycles. The second-order valence-corrected chi connectivity index (χ2v) is 5.35. The van der Waals surface area contributed by atoms with Gasteiger partial charge in [0.15, 0.2) is 0 Å². The Morgan fingerprint density at radius 3 is 2.13 bits per heavy atom. The zero-order chi connectivity index (χ0) is 12.2. The lowest BCUT2D eigenvalue weighted by atomic mass is 9.86. The normalized spacial score (nSPS) is 16.5. The topological polar surface area (TPSA) is 40.5 Å². The summed E-state index contributed by atoms with van der Waals surface area (Å²) in [6, 6.07) is -0.102. The molecule has 0 saturated carbocycles. The Balaban J connectivity index is 4.63. The zero-order valence-electron chi connectivity index (χ0n) is 10.9. The number of rotatable bonds is 5. The van der Waals surface area contributed by atoms with Gasteiger partial charge in [0.1, 0.15) is 6.04 Å². The van der Waals surface area contributed by atoms with Gasteiger partial charge in [0.2, 0.25) is 0 Å². The van der Waals surface area contributed by atoms with E-state index in [9.17, 15) is 4.79 Å². The van der Waals surface area contributed by atoms with E-state index in [0.717, 1.165) is 6.42 Å². The van der Waals surface area contributed by atoms with Gasteiger partial charge in [-0.3, -0.25) is 9.69 Å². The highest BCUT2D eigenvalue weighted by molar-refractivity contribution is 5.73. The molecule has 0 aromatic rings. The summed E-state index contributed by atoms with van der Waals surface area (Å²) in [6.45, 7) is 10.5. The van der Waals surface area contributed by atoms with E-state index in [1.54, 1.807) is 0 Å². The van der Waals surface area contributed by atoms with Gasteiger partial charge in [-0.05, 0) is 25.8 Å². The fourth-order valence-electron chi connectivity index (χ4n) is 1.66. The van der Waals surface area contributed by atoms with Gasteiger partial charge in [0, 0.05) is 6.04 Å². The van der Waals surface area contributed by atoms with Crippen LogP contribution in [0.4, 0.5) is 0 Å². The van der Waals surface area contributed by atoms with Gasteiger partial charge in [-0.25, -0.2) is 0 Å². The van der Waals surface area contributed by atoms with Crippen LogP contribution < -0.4 is 0 Å². The molecule has 0 amide bonds. The van der Waals surface area contributed by atoms with E-state index in [-0.39, 0.29) is 17.5 Å². The van der Waals surface area contributed by atoms with E-state index < -0.39 is 5.97 Å². The van der Waals surface area contributed by atoms with Crippen molar-refractivity contribution in [2.45, 2.75) is 59.5 Å². The molecule has 0 rings (SSSR count). The van der Waals surface area contributed by atoms with Crippen LogP contribution in [0.15, 0.2) is 0 Å². The van der Waals surface area contributed by atoms with Crippen molar-refractivity contribution in [3.8, 4) is 0 Å². The van der Waals surface area contributed by atoms with Gasteiger partial charge < -0.3 is 5.11 Å². The van der Waals surface area contributed by atoms with E-state index in [2.05, 4.69) is 27.7 Å². The van der Waals surface area contributed by atoms with Crippen LogP contribution in [0.3, 0.4) is 0 Å². The van der Waals surface area contributed by atoms with Crippen molar-refractivity contribution in [2.24, 2.45) is 5.41 Å². The third-order valence-electron chi connectivity index (χ3n) is 3.20. The Bertz CT molecular complexity index is 208. The lowest BCUT2D eigenvalue weighted by Crippen LogP contribution is -2.48. The Hall–Kier alpha value is -0.570. The van der Waals surface area contributed by atoms with Gasteiger partial charge in [0.05, 0.1) is 0 Å². The summed E-state index contributed by atoms with van der Waals surface area (Å²) in [5, 5.41) is 9.15. The maximum atomic E-state index is 11.1. The third-order valence-corrected chi connectivity index (χ3v) is 3.20. The fraction of sp³-hybridized carbons (Fsp3) is 0.917. The van der Waals surface area contributed by atoms with Gasteiger partial charge in [-0.2, -0.15) is 0 Å². The molecule has 0 aliphatic heterocycles. The Morgan fingerprint density at radius 2 is 1.87 bits per heavy atom. The molecule has 3 heteroatoms. The van der Waals surface area contributed by atoms with Crippen LogP contribution in [-0.2, 0) is 4.79 Å². The van der Waals surface area contributed by atoms with Gasteiger partial charge in [-0.1, -0.05) is 34.1 Å². The van der Waals surface area contributed by atoms with Crippen LogP contribution in [0.25, 0.3) is 0 Å². The highest BCUT2D eigenvalue weighted by Crippen LogP contribution is 2.25. The molecule has 0 radical (unpaired) electrons. The van der Waals surface area contributed by atoms with Gasteiger partial charge >= 0.3 is 5.97 Å². The first-order valence-electron chi connectivity index (χ1n) is 5.66. The highest BCUT2D eigenvalue weighted by Gasteiger charge is 2.31. The highest BCUT2D eigenvalue weighted by atomic mass is 16.4. The molecule has 1 N–H and O–H groups in total. The van der Waals surface area contributed by atoms with Crippen molar-refractivity contribution in [1.29, 1.82) is 0 Å². The van der Waals surface area contributed by atoms with Crippen molar-refractivity contribution < 1.29 is 9.90 Å². The van der Waals surface area contributed by atoms with Gasteiger partial charge in [-0.15, -0.1) is 0 Å². The molecule has 0 spiro atoms. The molecule has 0 aliphatic carbocycles. The summed E-state index contributed by atoms with van der Waals surface area (Å²) in [7, 11) is 1.91. The molecule has 0 saturated heterocycles. The van der Waals surface area contributed by atoms with Crippen molar-refractivity contribution in [3.05, 3.63) is 0 Å². The zero-order valence-corrected chi connectivity index (χ0v) is 10.9. The van der Waals surface area contributed by atoms with E-state index in [1.165, 1.54) is 0 Å². The van der Waals surface area contributed by atoms with Crippen molar-refractivity contribution in [1.82, 2.24) is 4.90 Å². The minimum absolute atomic E-state index is 0.107. The molecular weight excluding hydrogens is 190 g/mol. The van der Waals surface area contributed by atoms with Crippen molar-refractivity contribution in [2.75, 3.05) is 7.05 Å². The van der Waals surface area contributed by atoms with Crippen molar-refractivity contribution >= 4 is 5.97 Å². The Kier molecular flexibility index (Phi) is 5.29. The number of carboxylic acid groups (broad SMARTS) is 1. The first-order chi connectivity index (χ1) is 6.71. The first kappa shape index (κ1) is 14.4. The second-order valence-electron chi connectivity index (χ2n) is 5.35. The van der Waals surface area contributed by atoms with Crippen LogP contribution in [0.5, 0.6) is 0 Å². The van der Waals surface area contributed by atoms with E-state index >= 15 is 0 Å². The molecule has 2 atom stereocenters. The Labute approximate surface area is 93.5 Å². The smallest absolute Gasteiger partial charge is 0.320 e. The number of likely N-dealkylation sites (N-methyl/N-ethyl adjacent to an activating group) is 1. The molecule has 15 heavy (non-hydrogen) atoms. The molecule has 0 aromatic carbocycles. The summed E-state index contributed by atoms with van der Waals surface area (Å²) in [4.78, 5) is 13.1. The predicted molar refractivity (Wildman–Crippen MR) is 63.0 cm³/mol. The van der Waals surface area contributed by atoms with Crippen LogP contribution >= 0.6 is 0 Å². The standard InChI is InChI=1S/C12H25NO2/c1-7-8-10(11(14)15)13(6)9(2)12(3,4)5/h9-10H,7-8H2,1-6H3,(H,14,15). The molecule has 90 valence electrons. The van der Waals surface area contributed by atoms with Crippen LogP contribution in [0.1, 0.15) is 47.5 Å². The summed E-state index contributed by atoms with van der Waals surface area (Å²) in [5.74, 6) is -0.713. The largest absolute Gasteiger partial charge is 0.480 e. The first-order valence-corrected chi connectivity index (χ1v) is 5.66. The maximum Gasteiger partial charge on any atom is 0.320 e. The number of nitrogens with zero attached hydrogens (tertiary/aromatic N) is 1. The monoisotopic (exact) mass is 215 g/mol. The van der Waals surface area contributed by atoms with E-state index in [4.69, 9.17) is 5.11 Å². The number of hydrogen-bond acceptors (Lipinski definition) is 2. The van der Waals surface area contributed by atoms with Crippen LogP contribution in [-0.4, -0.2) is 35.1 Å². The molecule has 0 heterocycles. The number of hydrogen-bond donors (Lipinski definition) is 1. The predicted octanol–water partition coefficient (Wildman–Crippen LogP) is 2.61. The molecule has 0 fully saturated rings. The molecule has 3 nitrogen and oxygen atoms in total. The van der Waals surface area contributed by atoms with E-state index in [1.807, 2.05) is 18.9 Å². The summed E-state index contributed by atoms with van der Waals surface area (Å²) >= 11 is 0. The van der Waals surface area contributed by atoms with Crippen molar-refractivity contribution in [3.63, 3.8) is 0 Å².